The third-order valence-corrected chi connectivity index (χ3v) is 1.11. The van der Waals surface area contributed by atoms with Crippen molar-refractivity contribution < 1.29 is 0 Å². The molecule has 1 rings (SSSR count). The molecule has 10 heavy (non-hydrogen) atoms. The molecule has 0 saturated heterocycles. The average molecular weight is 137 g/mol. The second kappa shape index (κ2) is 3.17. The molecule has 0 amide bonds. The average Bonchev–Trinajstić information content (AvgIpc) is 2.34. The Morgan fingerprint density at radius 1 is 1.80 bits per heavy atom. The van der Waals surface area contributed by atoms with E-state index in [4.69, 9.17) is 5.73 Å². The summed E-state index contributed by atoms with van der Waals surface area (Å²) in [6.07, 6.45) is 7.43. The van der Waals surface area contributed by atoms with Crippen LogP contribution in [0.4, 0.5) is 0 Å². The van der Waals surface area contributed by atoms with Crippen LogP contribution in [0, 0.1) is 0 Å². The predicted octanol–water partition coefficient (Wildman–Crippen LogP) is 0.770. The van der Waals surface area contributed by atoms with Crippen molar-refractivity contribution >= 4 is 6.08 Å². The van der Waals surface area contributed by atoms with Crippen LogP contribution in [0.25, 0.3) is 6.08 Å². The van der Waals surface area contributed by atoms with Crippen molar-refractivity contribution in [3.63, 3.8) is 0 Å². The number of aromatic amines is 1. The maximum absolute atomic E-state index is 5.49. The summed E-state index contributed by atoms with van der Waals surface area (Å²) >= 11 is 0. The Morgan fingerprint density at radius 3 is 3.10 bits per heavy atom. The summed E-state index contributed by atoms with van der Waals surface area (Å²) < 4.78 is 0. The summed E-state index contributed by atoms with van der Waals surface area (Å²) in [6.45, 7) is 1.93. The summed E-state index contributed by atoms with van der Waals surface area (Å²) in [5.41, 5.74) is 6.54. The van der Waals surface area contributed by atoms with E-state index in [0.717, 1.165) is 5.56 Å². The summed E-state index contributed by atoms with van der Waals surface area (Å²) in [7, 11) is 0. The summed E-state index contributed by atoms with van der Waals surface area (Å²) in [5.74, 6) is 0. The lowest BCUT2D eigenvalue weighted by Crippen LogP contribution is -2.09. The van der Waals surface area contributed by atoms with E-state index in [2.05, 4.69) is 10.2 Å². The maximum Gasteiger partial charge on any atom is 0.0559 e. The van der Waals surface area contributed by atoms with E-state index in [0.29, 0.717) is 0 Å². The zero-order chi connectivity index (χ0) is 7.40. The first-order valence-electron chi connectivity index (χ1n) is 3.21. The Bertz CT molecular complexity index is 199. The first-order chi connectivity index (χ1) is 4.79. The molecular weight excluding hydrogens is 126 g/mol. The van der Waals surface area contributed by atoms with Crippen LogP contribution in [0.5, 0.6) is 0 Å². The Hall–Kier alpha value is -1.09. The van der Waals surface area contributed by atoms with Gasteiger partial charge >= 0.3 is 0 Å². The fraction of sp³-hybridized carbons (Fsp3) is 0.286. The Kier molecular flexibility index (Phi) is 2.23. The maximum atomic E-state index is 5.49. The summed E-state index contributed by atoms with van der Waals surface area (Å²) in [5, 5.41) is 6.49. The predicted molar refractivity (Wildman–Crippen MR) is 41.3 cm³/mol. The van der Waals surface area contributed by atoms with Gasteiger partial charge in [-0.3, -0.25) is 5.10 Å². The van der Waals surface area contributed by atoms with Crippen LogP contribution in [0.15, 0.2) is 18.5 Å². The number of rotatable bonds is 2. The van der Waals surface area contributed by atoms with Crippen LogP contribution in [0.2, 0.25) is 0 Å². The number of nitrogens with zero attached hydrogens (tertiary/aromatic N) is 1. The van der Waals surface area contributed by atoms with Crippen molar-refractivity contribution in [3.8, 4) is 0 Å². The molecule has 0 aliphatic rings. The highest BCUT2D eigenvalue weighted by atomic mass is 15.1. The molecule has 0 spiro atoms. The zero-order valence-corrected chi connectivity index (χ0v) is 5.91. The molecule has 0 aliphatic carbocycles. The Morgan fingerprint density at radius 2 is 2.60 bits per heavy atom. The number of hydrogen-bond donors (Lipinski definition) is 2. The molecule has 3 nitrogen and oxygen atoms in total. The highest BCUT2D eigenvalue weighted by Crippen LogP contribution is 1.96. The van der Waals surface area contributed by atoms with Gasteiger partial charge in [-0.25, -0.2) is 0 Å². The van der Waals surface area contributed by atoms with Crippen molar-refractivity contribution in [2.45, 2.75) is 13.0 Å². The van der Waals surface area contributed by atoms with Crippen LogP contribution < -0.4 is 5.73 Å². The molecule has 3 heteroatoms. The first-order valence-corrected chi connectivity index (χ1v) is 3.21. The van der Waals surface area contributed by atoms with Gasteiger partial charge in [0.15, 0.2) is 0 Å². The second-order valence-corrected chi connectivity index (χ2v) is 2.25. The SMILES string of the molecule is CC(N)/C=C/c1cn[nH]c1. The van der Waals surface area contributed by atoms with E-state index in [1.54, 1.807) is 6.20 Å². The molecular formula is C7H11N3. The van der Waals surface area contributed by atoms with Crippen LogP contribution in [-0.4, -0.2) is 16.2 Å². The topological polar surface area (TPSA) is 54.7 Å². The molecule has 0 aliphatic heterocycles. The molecule has 0 aromatic carbocycles. The molecule has 0 bridgehead atoms. The molecule has 3 N–H and O–H groups in total. The summed E-state index contributed by atoms with van der Waals surface area (Å²) in [4.78, 5) is 0. The van der Waals surface area contributed by atoms with Crippen molar-refractivity contribution in [3.05, 3.63) is 24.0 Å². The van der Waals surface area contributed by atoms with E-state index in [-0.39, 0.29) is 6.04 Å². The van der Waals surface area contributed by atoms with Crippen molar-refractivity contribution in [1.29, 1.82) is 0 Å². The zero-order valence-electron chi connectivity index (χ0n) is 5.91. The van der Waals surface area contributed by atoms with E-state index in [1.807, 2.05) is 25.3 Å². The van der Waals surface area contributed by atoms with Gasteiger partial charge in [0, 0.05) is 17.8 Å². The first kappa shape index (κ1) is 7.02. The van der Waals surface area contributed by atoms with Crippen molar-refractivity contribution in [2.75, 3.05) is 0 Å². The molecule has 1 unspecified atom stereocenters. The van der Waals surface area contributed by atoms with Crippen molar-refractivity contribution in [1.82, 2.24) is 10.2 Å². The molecule has 1 atom stereocenters. The standard InChI is InChI=1S/C7H11N3/c1-6(8)2-3-7-4-9-10-5-7/h2-6H,8H2,1H3,(H,9,10)/b3-2+. The lowest BCUT2D eigenvalue weighted by Gasteiger charge is -1.91. The summed E-state index contributed by atoms with van der Waals surface area (Å²) in [6, 6.07) is 0.106. The fourth-order valence-electron chi connectivity index (χ4n) is 0.615. The van der Waals surface area contributed by atoms with Gasteiger partial charge in [-0.2, -0.15) is 5.10 Å². The number of hydrogen-bond acceptors (Lipinski definition) is 2. The lowest BCUT2D eigenvalue weighted by molar-refractivity contribution is 0.931. The van der Waals surface area contributed by atoms with Gasteiger partial charge in [0.25, 0.3) is 0 Å². The van der Waals surface area contributed by atoms with E-state index >= 15 is 0 Å². The van der Waals surface area contributed by atoms with E-state index < -0.39 is 0 Å². The largest absolute Gasteiger partial charge is 0.325 e. The number of aromatic nitrogens is 2. The molecule has 0 fully saturated rings. The minimum absolute atomic E-state index is 0.106. The molecule has 1 heterocycles. The Labute approximate surface area is 59.9 Å². The minimum Gasteiger partial charge on any atom is -0.325 e. The van der Waals surface area contributed by atoms with Gasteiger partial charge < -0.3 is 5.73 Å². The molecule has 54 valence electrons. The minimum atomic E-state index is 0.106. The molecule has 1 aromatic heterocycles. The molecule has 1 aromatic rings. The van der Waals surface area contributed by atoms with Crippen LogP contribution >= 0.6 is 0 Å². The van der Waals surface area contributed by atoms with Gasteiger partial charge in [-0.15, -0.1) is 0 Å². The second-order valence-electron chi connectivity index (χ2n) is 2.25. The quantitative estimate of drug-likeness (QED) is 0.632. The van der Waals surface area contributed by atoms with E-state index in [1.165, 1.54) is 0 Å². The van der Waals surface area contributed by atoms with Gasteiger partial charge in [0.2, 0.25) is 0 Å². The van der Waals surface area contributed by atoms with Gasteiger partial charge in [-0.05, 0) is 6.92 Å². The van der Waals surface area contributed by atoms with E-state index in [9.17, 15) is 0 Å². The van der Waals surface area contributed by atoms with Gasteiger partial charge in [-0.1, -0.05) is 12.2 Å². The van der Waals surface area contributed by atoms with Crippen LogP contribution in [0.3, 0.4) is 0 Å². The molecule has 0 saturated carbocycles. The number of nitrogens with one attached hydrogen (secondary N) is 1. The van der Waals surface area contributed by atoms with Gasteiger partial charge in [0.05, 0.1) is 6.20 Å². The smallest absolute Gasteiger partial charge is 0.0559 e. The number of H-pyrrole nitrogens is 1. The van der Waals surface area contributed by atoms with Crippen LogP contribution in [0.1, 0.15) is 12.5 Å². The van der Waals surface area contributed by atoms with Crippen molar-refractivity contribution in [2.24, 2.45) is 5.73 Å². The normalized spacial score (nSPS) is 14.2. The third-order valence-electron chi connectivity index (χ3n) is 1.11. The Balaban J connectivity index is 2.55. The lowest BCUT2D eigenvalue weighted by atomic mass is 10.2. The van der Waals surface area contributed by atoms with Gasteiger partial charge in [0.1, 0.15) is 0 Å². The highest BCUT2D eigenvalue weighted by Gasteiger charge is 1.86. The van der Waals surface area contributed by atoms with Crippen LogP contribution in [-0.2, 0) is 0 Å². The monoisotopic (exact) mass is 137 g/mol. The highest BCUT2D eigenvalue weighted by molar-refractivity contribution is 5.46. The fourth-order valence-corrected chi connectivity index (χ4v) is 0.615. The molecule has 0 radical (unpaired) electrons. The third kappa shape index (κ3) is 2.03. The number of nitrogens with two attached hydrogens (primary N) is 1.